The third-order valence-electron chi connectivity index (χ3n) is 5.26. The number of methoxy groups -OCH3 is 1. The fourth-order valence-corrected chi connectivity index (χ4v) is 4.96. The normalized spacial score (nSPS) is 17.3. The van der Waals surface area contributed by atoms with Crippen LogP contribution in [0.4, 0.5) is 4.39 Å². The van der Waals surface area contributed by atoms with Crippen LogP contribution in [0.15, 0.2) is 48.5 Å². The summed E-state index contributed by atoms with van der Waals surface area (Å²) in [5.74, 6) is -0.308. The molecule has 1 atom stereocenters. The summed E-state index contributed by atoms with van der Waals surface area (Å²) in [5.41, 5.74) is 1.59. The zero-order valence-electron chi connectivity index (χ0n) is 16.9. The Bertz CT molecular complexity index is 1020. The molecule has 158 valence electrons. The molecule has 0 saturated carbocycles. The topological polar surface area (TPSA) is 50.8 Å². The van der Waals surface area contributed by atoms with Crippen molar-refractivity contribution in [2.75, 3.05) is 40.0 Å². The molecule has 1 amide bonds. The molecule has 0 bridgehead atoms. The molecule has 0 spiro atoms. The Labute approximate surface area is 179 Å². The Hall–Kier alpha value is -2.32. The molecule has 5 nitrogen and oxygen atoms in total. The highest BCUT2D eigenvalue weighted by atomic mass is 32.1. The molecular weight excluding hydrogens is 403 g/mol. The highest BCUT2D eigenvalue weighted by molar-refractivity contribution is 7.21. The molecule has 3 aromatic rings. The number of thiophene rings is 1. The van der Waals surface area contributed by atoms with Crippen LogP contribution in [0.3, 0.4) is 0 Å². The van der Waals surface area contributed by atoms with E-state index >= 15 is 0 Å². The molecule has 1 N–H and O–H groups in total. The number of carbonyl (C=O) groups is 1. The van der Waals surface area contributed by atoms with Crippen molar-refractivity contribution in [1.29, 1.82) is 0 Å². The van der Waals surface area contributed by atoms with Gasteiger partial charge in [0.2, 0.25) is 0 Å². The number of nitrogens with one attached hydrogen (secondary N) is 1. The third kappa shape index (κ3) is 4.54. The maximum Gasteiger partial charge on any atom is 0.261 e. The summed E-state index contributed by atoms with van der Waals surface area (Å²) in [6.07, 6.45) is -0.246. The van der Waals surface area contributed by atoms with Gasteiger partial charge in [-0.3, -0.25) is 9.69 Å². The van der Waals surface area contributed by atoms with E-state index in [1.807, 2.05) is 36.4 Å². The fourth-order valence-electron chi connectivity index (χ4n) is 3.79. The van der Waals surface area contributed by atoms with Gasteiger partial charge in [-0.2, -0.15) is 0 Å². The van der Waals surface area contributed by atoms with Crippen molar-refractivity contribution in [3.63, 3.8) is 0 Å². The van der Waals surface area contributed by atoms with Gasteiger partial charge < -0.3 is 14.8 Å². The summed E-state index contributed by atoms with van der Waals surface area (Å²) in [7, 11) is 1.61. The van der Waals surface area contributed by atoms with Crippen molar-refractivity contribution in [1.82, 2.24) is 10.2 Å². The van der Waals surface area contributed by atoms with Crippen molar-refractivity contribution in [3.05, 3.63) is 70.4 Å². The number of morpholine rings is 1. The second-order valence-electron chi connectivity index (χ2n) is 7.28. The van der Waals surface area contributed by atoms with E-state index in [-0.39, 0.29) is 17.8 Å². The predicted octanol–water partition coefficient (Wildman–Crippen LogP) is 3.99. The summed E-state index contributed by atoms with van der Waals surface area (Å²) in [4.78, 5) is 15.8. The van der Waals surface area contributed by atoms with Gasteiger partial charge in [0.05, 0.1) is 24.2 Å². The number of ether oxygens (including phenoxy) is 2. The molecule has 30 heavy (non-hydrogen) atoms. The van der Waals surface area contributed by atoms with E-state index in [0.717, 1.165) is 22.2 Å². The van der Waals surface area contributed by atoms with Crippen LogP contribution in [-0.4, -0.2) is 50.8 Å². The van der Waals surface area contributed by atoms with Gasteiger partial charge in [-0.1, -0.05) is 36.4 Å². The van der Waals surface area contributed by atoms with Gasteiger partial charge in [0.15, 0.2) is 0 Å². The van der Waals surface area contributed by atoms with E-state index in [0.29, 0.717) is 43.3 Å². The molecule has 4 rings (SSSR count). The molecule has 7 heteroatoms. The van der Waals surface area contributed by atoms with Crippen LogP contribution >= 0.6 is 11.3 Å². The lowest BCUT2D eigenvalue weighted by atomic mass is 10.0. The van der Waals surface area contributed by atoms with E-state index in [2.05, 4.69) is 10.2 Å². The van der Waals surface area contributed by atoms with E-state index in [9.17, 15) is 9.18 Å². The van der Waals surface area contributed by atoms with Crippen molar-refractivity contribution in [2.24, 2.45) is 0 Å². The van der Waals surface area contributed by atoms with Crippen molar-refractivity contribution < 1.29 is 18.7 Å². The minimum absolute atomic E-state index is 0.113. The highest BCUT2D eigenvalue weighted by Gasteiger charge is 2.30. The number of benzene rings is 2. The number of amides is 1. The van der Waals surface area contributed by atoms with Crippen molar-refractivity contribution in [3.8, 4) is 0 Å². The second kappa shape index (κ2) is 9.66. The quantitative estimate of drug-likeness (QED) is 0.578. The number of hydrogen-bond donors (Lipinski definition) is 1. The SMILES string of the molecule is COCCNC(=O)c1sc2ccccc2c1[C@H]1CN(Cc2ccccc2F)CCO1. The number of halogens is 1. The monoisotopic (exact) mass is 428 g/mol. The standard InChI is InChI=1S/C23H25FN2O3S/c1-28-12-10-25-23(27)22-21(17-7-3-5-9-20(17)30-22)19-15-26(11-13-29-19)14-16-6-2-4-8-18(16)24/h2-9,19H,10-15H2,1H3,(H,25,27)/t19-/m1/s1. The van der Waals surface area contributed by atoms with Gasteiger partial charge in [-0.25, -0.2) is 4.39 Å². The van der Waals surface area contributed by atoms with Crippen LogP contribution < -0.4 is 5.32 Å². The summed E-state index contributed by atoms with van der Waals surface area (Å²) in [6.45, 7) is 3.30. The van der Waals surface area contributed by atoms with Gasteiger partial charge in [-0.15, -0.1) is 11.3 Å². The predicted molar refractivity (Wildman–Crippen MR) is 116 cm³/mol. The molecular formula is C23H25FN2O3S. The fraction of sp³-hybridized carbons (Fsp3) is 0.348. The second-order valence-corrected chi connectivity index (χ2v) is 8.33. The molecule has 1 fully saturated rings. The van der Waals surface area contributed by atoms with Crippen LogP contribution in [0.1, 0.15) is 26.9 Å². The van der Waals surface area contributed by atoms with Crippen LogP contribution in [0.2, 0.25) is 0 Å². The smallest absolute Gasteiger partial charge is 0.261 e. The summed E-state index contributed by atoms with van der Waals surface area (Å²) >= 11 is 1.48. The molecule has 2 aromatic carbocycles. The first kappa shape index (κ1) is 20.9. The van der Waals surface area contributed by atoms with Crippen LogP contribution in [0, 0.1) is 5.82 Å². The highest BCUT2D eigenvalue weighted by Crippen LogP contribution is 2.38. The first-order valence-corrected chi connectivity index (χ1v) is 10.8. The molecule has 0 unspecified atom stereocenters. The van der Waals surface area contributed by atoms with E-state index < -0.39 is 0 Å². The number of nitrogens with zero attached hydrogens (tertiary/aromatic N) is 1. The largest absolute Gasteiger partial charge is 0.383 e. The molecule has 0 radical (unpaired) electrons. The molecule has 1 aromatic heterocycles. The van der Waals surface area contributed by atoms with Crippen LogP contribution in [0.25, 0.3) is 10.1 Å². The molecule has 0 aliphatic carbocycles. The summed E-state index contributed by atoms with van der Waals surface area (Å²) in [5, 5.41) is 3.97. The zero-order valence-corrected chi connectivity index (χ0v) is 17.7. The Balaban J connectivity index is 1.60. The average Bonchev–Trinajstić information content (AvgIpc) is 3.15. The Morgan fingerprint density at radius 2 is 2.07 bits per heavy atom. The van der Waals surface area contributed by atoms with E-state index in [1.54, 1.807) is 13.2 Å². The Morgan fingerprint density at radius 3 is 2.90 bits per heavy atom. The first-order valence-electron chi connectivity index (χ1n) is 10.0. The first-order chi connectivity index (χ1) is 14.7. The molecule has 1 saturated heterocycles. The maximum atomic E-state index is 14.1. The van der Waals surface area contributed by atoms with Gasteiger partial charge >= 0.3 is 0 Å². The number of hydrogen-bond acceptors (Lipinski definition) is 5. The Morgan fingerprint density at radius 1 is 1.27 bits per heavy atom. The number of carbonyl (C=O) groups excluding carboxylic acids is 1. The van der Waals surface area contributed by atoms with Gasteiger partial charge in [0.25, 0.3) is 5.91 Å². The average molecular weight is 429 g/mol. The lowest BCUT2D eigenvalue weighted by molar-refractivity contribution is -0.0326. The lowest BCUT2D eigenvalue weighted by Gasteiger charge is -2.33. The summed E-state index contributed by atoms with van der Waals surface area (Å²) < 4.78 is 26.3. The van der Waals surface area contributed by atoms with E-state index in [4.69, 9.17) is 9.47 Å². The third-order valence-corrected chi connectivity index (χ3v) is 6.44. The van der Waals surface area contributed by atoms with Crippen LogP contribution in [-0.2, 0) is 16.0 Å². The van der Waals surface area contributed by atoms with Gasteiger partial charge in [0.1, 0.15) is 5.82 Å². The Kier molecular flexibility index (Phi) is 6.74. The lowest BCUT2D eigenvalue weighted by Crippen LogP contribution is -2.38. The van der Waals surface area contributed by atoms with Crippen molar-refractivity contribution >= 4 is 27.3 Å². The van der Waals surface area contributed by atoms with Gasteiger partial charge in [0, 0.05) is 49.1 Å². The zero-order chi connectivity index (χ0) is 20.9. The number of fused-ring (bicyclic) bond motifs is 1. The minimum atomic E-state index is -0.246. The van der Waals surface area contributed by atoms with E-state index in [1.165, 1.54) is 17.4 Å². The molecule has 1 aliphatic heterocycles. The molecule has 2 heterocycles. The minimum Gasteiger partial charge on any atom is -0.383 e. The van der Waals surface area contributed by atoms with Gasteiger partial charge in [-0.05, 0) is 17.5 Å². The van der Waals surface area contributed by atoms with Crippen LogP contribution in [0.5, 0.6) is 0 Å². The molecule has 1 aliphatic rings. The number of rotatable bonds is 7. The summed E-state index contributed by atoms with van der Waals surface area (Å²) in [6, 6.07) is 14.9. The van der Waals surface area contributed by atoms with Crippen molar-refractivity contribution in [2.45, 2.75) is 12.6 Å². The maximum absolute atomic E-state index is 14.1.